The first-order chi connectivity index (χ1) is 8.08. The molecule has 2 aromatic rings. The van der Waals surface area contributed by atoms with E-state index in [9.17, 15) is 4.39 Å². The molecule has 0 aliphatic carbocycles. The van der Waals surface area contributed by atoms with Gasteiger partial charge in [-0.2, -0.15) is 0 Å². The van der Waals surface area contributed by atoms with E-state index in [1.165, 1.54) is 12.1 Å². The van der Waals surface area contributed by atoms with Crippen molar-refractivity contribution in [2.24, 2.45) is 0 Å². The van der Waals surface area contributed by atoms with Gasteiger partial charge in [0.25, 0.3) is 0 Å². The number of alkyl halides is 1. The molecule has 0 spiro atoms. The monoisotopic (exact) mass is 376 g/mol. The van der Waals surface area contributed by atoms with Crippen LogP contribution in [-0.4, -0.2) is 0 Å². The summed E-state index contributed by atoms with van der Waals surface area (Å²) in [5.74, 6) is -0.242. The molecule has 1 atom stereocenters. The minimum atomic E-state index is -0.242. The van der Waals surface area contributed by atoms with Crippen LogP contribution in [0.1, 0.15) is 16.0 Å². The maximum atomic E-state index is 12.8. The lowest BCUT2D eigenvalue weighted by atomic mass is 10.0. The third-order valence-electron chi connectivity index (χ3n) is 2.39. The van der Waals surface area contributed by atoms with Crippen LogP contribution in [0, 0.1) is 5.82 Å². The van der Waals surface area contributed by atoms with E-state index in [0.717, 1.165) is 15.6 Å². The molecule has 0 saturated carbocycles. The molecule has 0 radical (unpaired) electrons. The Labute approximate surface area is 121 Å². The second-order valence-electron chi connectivity index (χ2n) is 3.58. The van der Waals surface area contributed by atoms with E-state index in [1.54, 1.807) is 12.1 Å². The third kappa shape index (κ3) is 3.09. The van der Waals surface area contributed by atoms with Crippen molar-refractivity contribution in [2.45, 2.75) is 4.83 Å². The maximum Gasteiger partial charge on any atom is 0.123 e. The molecule has 2 rings (SSSR count). The first-order valence-corrected chi connectivity index (χ1v) is 7.01. The summed E-state index contributed by atoms with van der Waals surface area (Å²) < 4.78 is 13.8. The van der Waals surface area contributed by atoms with Crippen LogP contribution in [0.2, 0.25) is 5.02 Å². The zero-order chi connectivity index (χ0) is 12.4. The van der Waals surface area contributed by atoms with E-state index < -0.39 is 0 Å². The third-order valence-corrected chi connectivity index (χ3v) is 4.25. The highest BCUT2D eigenvalue weighted by molar-refractivity contribution is 9.10. The van der Waals surface area contributed by atoms with Gasteiger partial charge in [-0.05, 0) is 41.5 Å². The number of hydrogen-bond donors (Lipinski definition) is 0. The zero-order valence-electron chi connectivity index (χ0n) is 8.63. The Hall–Kier alpha value is -0.380. The number of benzene rings is 2. The van der Waals surface area contributed by atoms with E-state index in [4.69, 9.17) is 11.6 Å². The zero-order valence-corrected chi connectivity index (χ0v) is 12.6. The summed E-state index contributed by atoms with van der Waals surface area (Å²) in [4.78, 5) is -0.0481. The average Bonchev–Trinajstić information content (AvgIpc) is 2.32. The summed E-state index contributed by atoms with van der Waals surface area (Å²) in [5, 5.41) is 0.680. The SMILES string of the molecule is Fc1ccc(C(Br)c2cc(Br)ccc2Cl)cc1. The molecule has 17 heavy (non-hydrogen) atoms. The van der Waals surface area contributed by atoms with Crippen molar-refractivity contribution >= 4 is 43.5 Å². The lowest BCUT2D eigenvalue weighted by Crippen LogP contribution is -1.94. The molecule has 2 aromatic carbocycles. The number of rotatable bonds is 2. The molecule has 0 aliphatic heterocycles. The fraction of sp³-hybridized carbons (Fsp3) is 0.0769. The Bertz CT molecular complexity index is 525. The number of hydrogen-bond acceptors (Lipinski definition) is 0. The summed E-state index contributed by atoms with van der Waals surface area (Å²) >= 11 is 13.1. The van der Waals surface area contributed by atoms with Crippen LogP contribution in [0.15, 0.2) is 46.9 Å². The van der Waals surface area contributed by atoms with Crippen molar-refractivity contribution in [3.63, 3.8) is 0 Å². The summed E-state index contributed by atoms with van der Waals surface area (Å²) in [6.45, 7) is 0. The Morgan fingerprint density at radius 2 is 1.71 bits per heavy atom. The van der Waals surface area contributed by atoms with Crippen LogP contribution in [0.5, 0.6) is 0 Å². The van der Waals surface area contributed by atoms with Crippen LogP contribution < -0.4 is 0 Å². The van der Waals surface area contributed by atoms with Gasteiger partial charge in [-0.1, -0.05) is 55.6 Å². The van der Waals surface area contributed by atoms with Crippen molar-refractivity contribution in [1.29, 1.82) is 0 Å². The summed E-state index contributed by atoms with van der Waals surface area (Å²) in [6, 6.07) is 12.0. The van der Waals surface area contributed by atoms with Crippen molar-refractivity contribution < 1.29 is 4.39 Å². The molecule has 0 bridgehead atoms. The molecular weight excluding hydrogens is 370 g/mol. The fourth-order valence-corrected chi connectivity index (χ4v) is 2.94. The van der Waals surface area contributed by atoms with Crippen molar-refractivity contribution in [3.05, 3.63) is 68.9 Å². The minimum Gasteiger partial charge on any atom is -0.207 e. The Balaban J connectivity index is 2.39. The highest BCUT2D eigenvalue weighted by Crippen LogP contribution is 2.36. The van der Waals surface area contributed by atoms with Crippen LogP contribution in [0.4, 0.5) is 4.39 Å². The van der Waals surface area contributed by atoms with E-state index >= 15 is 0 Å². The maximum absolute atomic E-state index is 12.8. The predicted molar refractivity (Wildman–Crippen MR) is 76.3 cm³/mol. The molecule has 0 fully saturated rings. The van der Waals surface area contributed by atoms with Crippen LogP contribution in [0.25, 0.3) is 0 Å². The molecular formula is C13H8Br2ClF. The largest absolute Gasteiger partial charge is 0.207 e. The lowest BCUT2D eigenvalue weighted by molar-refractivity contribution is 0.627. The molecule has 88 valence electrons. The Kier molecular flexibility index (Phi) is 4.23. The van der Waals surface area contributed by atoms with E-state index in [1.807, 2.05) is 18.2 Å². The molecule has 0 amide bonds. The predicted octanol–water partition coefficient (Wildman–Crippen LogP) is 5.73. The van der Waals surface area contributed by atoms with Gasteiger partial charge in [-0.25, -0.2) is 4.39 Å². The Morgan fingerprint density at radius 3 is 2.35 bits per heavy atom. The lowest BCUT2D eigenvalue weighted by Gasteiger charge is -2.13. The highest BCUT2D eigenvalue weighted by Gasteiger charge is 2.14. The van der Waals surface area contributed by atoms with Gasteiger partial charge >= 0.3 is 0 Å². The van der Waals surface area contributed by atoms with Gasteiger partial charge in [-0.3, -0.25) is 0 Å². The molecule has 1 unspecified atom stereocenters. The highest BCUT2D eigenvalue weighted by atomic mass is 79.9. The normalized spacial score (nSPS) is 12.5. The minimum absolute atomic E-state index is 0.0481. The standard InChI is InChI=1S/C13H8Br2ClF/c14-9-3-6-12(16)11(7-9)13(15)8-1-4-10(17)5-2-8/h1-7,13H. The Morgan fingerprint density at radius 1 is 1.06 bits per heavy atom. The molecule has 0 nitrogen and oxygen atoms in total. The van der Waals surface area contributed by atoms with Crippen LogP contribution >= 0.6 is 43.5 Å². The summed E-state index contributed by atoms with van der Waals surface area (Å²) in [6.07, 6.45) is 0. The van der Waals surface area contributed by atoms with Crippen LogP contribution in [-0.2, 0) is 0 Å². The van der Waals surface area contributed by atoms with Crippen molar-refractivity contribution in [2.75, 3.05) is 0 Å². The molecule has 0 heterocycles. The topological polar surface area (TPSA) is 0 Å². The molecule has 0 saturated heterocycles. The van der Waals surface area contributed by atoms with Gasteiger partial charge in [-0.15, -0.1) is 0 Å². The fourth-order valence-electron chi connectivity index (χ4n) is 1.52. The number of halogens is 4. The average molecular weight is 378 g/mol. The second kappa shape index (κ2) is 5.51. The van der Waals surface area contributed by atoms with Gasteiger partial charge in [0.1, 0.15) is 5.82 Å². The summed E-state index contributed by atoms with van der Waals surface area (Å²) in [7, 11) is 0. The molecule has 0 aromatic heterocycles. The molecule has 4 heteroatoms. The molecule has 0 aliphatic rings. The van der Waals surface area contributed by atoms with E-state index in [0.29, 0.717) is 5.02 Å². The van der Waals surface area contributed by atoms with Gasteiger partial charge in [0, 0.05) is 9.50 Å². The van der Waals surface area contributed by atoms with Gasteiger partial charge in [0.2, 0.25) is 0 Å². The van der Waals surface area contributed by atoms with Gasteiger partial charge < -0.3 is 0 Å². The smallest absolute Gasteiger partial charge is 0.123 e. The first kappa shape index (κ1) is 13.1. The summed E-state index contributed by atoms with van der Waals surface area (Å²) in [5.41, 5.74) is 1.92. The van der Waals surface area contributed by atoms with Crippen molar-refractivity contribution in [1.82, 2.24) is 0 Å². The quantitative estimate of drug-likeness (QED) is 0.586. The first-order valence-electron chi connectivity index (χ1n) is 4.92. The van der Waals surface area contributed by atoms with E-state index in [-0.39, 0.29) is 10.6 Å². The van der Waals surface area contributed by atoms with Gasteiger partial charge in [0.05, 0.1) is 4.83 Å². The van der Waals surface area contributed by atoms with Crippen molar-refractivity contribution in [3.8, 4) is 0 Å². The van der Waals surface area contributed by atoms with Gasteiger partial charge in [0.15, 0.2) is 0 Å². The molecule has 0 N–H and O–H groups in total. The second-order valence-corrected chi connectivity index (χ2v) is 5.82. The van der Waals surface area contributed by atoms with Crippen LogP contribution in [0.3, 0.4) is 0 Å². The van der Waals surface area contributed by atoms with E-state index in [2.05, 4.69) is 31.9 Å².